The zero-order valence-corrected chi connectivity index (χ0v) is 23.8. The number of aliphatic imine (C=N–C) groups is 1. The Kier molecular flexibility index (Phi) is 7.24. The summed E-state index contributed by atoms with van der Waals surface area (Å²) in [5.74, 6) is 0.146. The quantitative estimate of drug-likeness (QED) is 0.387. The highest BCUT2D eigenvalue weighted by Crippen LogP contribution is 2.49. The average molecular weight is 569 g/mol. The number of hydrogen-bond acceptors (Lipinski definition) is 6. The second kappa shape index (κ2) is 10.4. The Hall–Kier alpha value is -3.30. The number of benzene rings is 2. The molecule has 1 atom stereocenters. The molecular weight excluding hydrogens is 537 g/mol. The Bertz CT molecular complexity index is 1390. The fraction of sp³-hybridized carbons (Fsp3) is 0.429. The molecule has 1 fully saturated rings. The second-order valence-electron chi connectivity index (χ2n) is 11.4. The number of H-pyrrole nitrogens is 1. The fourth-order valence-electron chi connectivity index (χ4n) is 5.78. The predicted molar refractivity (Wildman–Crippen MR) is 151 cm³/mol. The molecule has 1 aromatic heterocycles. The van der Waals surface area contributed by atoms with Crippen molar-refractivity contribution in [2.75, 3.05) is 5.32 Å². The van der Waals surface area contributed by atoms with Gasteiger partial charge in [-0.3, -0.25) is 19.9 Å². The van der Waals surface area contributed by atoms with Crippen LogP contribution in [-0.2, 0) is 4.79 Å². The van der Waals surface area contributed by atoms with E-state index in [9.17, 15) is 9.59 Å². The Labute approximate surface area is 237 Å². The zero-order valence-electron chi connectivity index (χ0n) is 22.3. The van der Waals surface area contributed by atoms with Crippen LogP contribution in [0.5, 0.6) is 0 Å². The molecule has 1 aliphatic heterocycles. The lowest BCUT2D eigenvalue weighted by molar-refractivity contribution is -0.132. The number of tetrazole rings is 1. The Morgan fingerprint density at radius 1 is 1.10 bits per heavy atom. The van der Waals surface area contributed by atoms with Crippen LogP contribution in [0.4, 0.5) is 5.95 Å². The highest BCUT2D eigenvalue weighted by molar-refractivity contribution is 6.47. The number of nitrogens with zero attached hydrogens (tertiary/aromatic N) is 5. The van der Waals surface area contributed by atoms with Crippen molar-refractivity contribution in [1.82, 2.24) is 25.5 Å². The molecule has 1 spiro atoms. The van der Waals surface area contributed by atoms with Gasteiger partial charge in [-0.25, -0.2) is 0 Å². The lowest BCUT2D eigenvalue weighted by Crippen LogP contribution is -2.50. The van der Waals surface area contributed by atoms with Crippen molar-refractivity contribution in [3.8, 4) is 0 Å². The van der Waals surface area contributed by atoms with Crippen LogP contribution in [0.3, 0.4) is 0 Å². The minimum absolute atomic E-state index is 0.0960. The van der Waals surface area contributed by atoms with Gasteiger partial charge in [-0.1, -0.05) is 61.2 Å². The molecule has 11 heteroatoms. The van der Waals surface area contributed by atoms with Gasteiger partial charge in [0.1, 0.15) is 11.4 Å². The molecule has 2 amide bonds. The molecule has 2 aliphatic rings. The highest BCUT2D eigenvalue weighted by Gasteiger charge is 2.52. The normalized spacial score (nSPS) is 22.2. The van der Waals surface area contributed by atoms with E-state index in [4.69, 9.17) is 28.2 Å². The van der Waals surface area contributed by atoms with Crippen LogP contribution in [0.25, 0.3) is 0 Å². The maximum Gasteiger partial charge on any atom is 0.275 e. The first-order valence-electron chi connectivity index (χ1n) is 13.0. The highest BCUT2D eigenvalue weighted by atomic mass is 35.5. The van der Waals surface area contributed by atoms with Crippen molar-refractivity contribution in [2.24, 2.45) is 16.3 Å². The first-order chi connectivity index (χ1) is 18.5. The first kappa shape index (κ1) is 27.3. The maximum atomic E-state index is 14.1. The van der Waals surface area contributed by atoms with Crippen molar-refractivity contribution >= 4 is 46.7 Å². The van der Waals surface area contributed by atoms with E-state index in [0.717, 1.165) is 31.2 Å². The summed E-state index contributed by atoms with van der Waals surface area (Å²) < 4.78 is 0. The number of rotatable bonds is 5. The zero-order chi connectivity index (χ0) is 27.9. The summed E-state index contributed by atoms with van der Waals surface area (Å²) >= 11 is 12.6. The van der Waals surface area contributed by atoms with Crippen LogP contribution < -0.4 is 5.32 Å². The third-order valence-electron chi connectivity index (χ3n) is 7.95. The Balaban J connectivity index is 1.45. The number of aromatic amines is 1. The number of anilines is 1. The van der Waals surface area contributed by atoms with Gasteiger partial charge in [0.2, 0.25) is 0 Å². The molecule has 9 nitrogen and oxygen atoms in total. The van der Waals surface area contributed by atoms with Crippen molar-refractivity contribution in [3.05, 3.63) is 69.2 Å². The molecule has 2 aromatic carbocycles. The van der Waals surface area contributed by atoms with E-state index >= 15 is 0 Å². The third-order valence-corrected chi connectivity index (χ3v) is 8.39. The number of halogens is 2. The molecule has 0 unspecified atom stereocenters. The van der Waals surface area contributed by atoms with E-state index in [1.54, 1.807) is 30.3 Å². The molecule has 1 aliphatic carbocycles. The number of hydrogen-bond donors (Lipinski definition) is 2. The van der Waals surface area contributed by atoms with Gasteiger partial charge >= 0.3 is 0 Å². The smallest absolute Gasteiger partial charge is 0.275 e. The van der Waals surface area contributed by atoms with E-state index in [1.807, 2.05) is 24.0 Å². The summed E-state index contributed by atoms with van der Waals surface area (Å²) in [6, 6.07) is 12.0. The maximum absolute atomic E-state index is 14.1. The summed E-state index contributed by atoms with van der Waals surface area (Å²) in [4.78, 5) is 33.7. The first-order valence-corrected chi connectivity index (χ1v) is 13.8. The summed E-state index contributed by atoms with van der Waals surface area (Å²) in [6.07, 6.45) is 3.49. The van der Waals surface area contributed by atoms with Gasteiger partial charge in [0, 0.05) is 21.2 Å². The standard InChI is InChI=1S/C28H31Cl2N7O2/c1-16(17-5-7-18(8-6-17)24(38)31-26-33-35-36-34-26)37-25(39)23(19-13-21(29)15-22(30)14-19)32-28(37)11-9-20(10-12-28)27(2,3)4/h5-8,13-16,20H,9-12H2,1-4H3,(H2,31,33,34,35,36,38)/t16-,20?,28?/m1/s1. The van der Waals surface area contributed by atoms with E-state index in [0.29, 0.717) is 32.8 Å². The molecule has 2 heterocycles. The predicted octanol–water partition coefficient (Wildman–Crippen LogP) is 6.08. The van der Waals surface area contributed by atoms with E-state index in [2.05, 4.69) is 46.7 Å². The summed E-state index contributed by atoms with van der Waals surface area (Å²) in [6.45, 7) is 8.83. The fourth-order valence-corrected chi connectivity index (χ4v) is 6.30. The lowest BCUT2D eigenvalue weighted by atomic mass is 9.69. The molecule has 0 radical (unpaired) electrons. The van der Waals surface area contributed by atoms with Gasteiger partial charge < -0.3 is 4.90 Å². The van der Waals surface area contributed by atoms with Crippen LogP contribution in [0.2, 0.25) is 10.0 Å². The molecule has 1 saturated carbocycles. The van der Waals surface area contributed by atoms with Gasteiger partial charge in [0.25, 0.3) is 17.8 Å². The van der Waals surface area contributed by atoms with E-state index in [-0.39, 0.29) is 29.2 Å². The lowest BCUT2D eigenvalue weighted by Gasteiger charge is -2.46. The van der Waals surface area contributed by atoms with Gasteiger partial charge in [-0.05, 0) is 85.0 Å². The molecular formula is C28H31Cl2N7O2. The monoisotopic (exact) mass is 567 g/mol. The van der Waals surface area contributed by atoms with Crippen LogP contribution >= 0.6 is 23.2 Å². The van der Waals surface area contributed by atoms with Crippen LogP contribution in [0.1, 0.15) is 80.9 Å². The summed E-state index contributed by atoms with van der Waals surface area (Å²) in [5.41, 5.74) is 1.88. The molecule has 39 heavy (non-hydrogen) atoms. The largest absolute Gasteiger partial charge is 0.306 e. The summed E-state index contributed by atoms with van der Waals surface area (Å²) in [7, 11) is 0. The molecule has 0 bridgehead atoms. The Morgan fingerprint density at radius 2 is 1.74 bits per heavy atom. The van der Waals surface area contributed by atoms with Crippen molar-refractivity contribution in [1.29, 1.82) is 0 Å². The minimum atomic E-state index is -0.656. The van der Waals surface area contributed by atoms with Gasteiger partial charge in [0.05, 0.1) is 6.04 Å². The SMILES string of the molecule is C[C@H](c1ccc(C(=O)Nc2nn[nH]n2)cc1)N1C(=O)C(c2cc(Cl)cc(Cl)c2)=NC12CCC(C(C)(C)C)CC2. The topological polar surface area (TPSA) is 116 Å². The minimum Gasteiger partial charge on any atom is -0.306 e. The Morgan fingerprint density at radius 3 is 2.31 bits per heavy atom. The van der Waals surface area contributed by atoms with Crippen LogP contribution in [0.15, 0.2) is 47.5 Å². The van der Waals surface area contributed by atoms with Crippen LogP contribution in [-0.4, -0.2) is 48.7 Å². The number of aromatic nitrogens is 4. The number of carbonyl (C=O) groups excluding carboxylic acids is 2. The number of nitrogens with one attached hydrogen (secondary N) is 2. The van der Waals surface area contributed by atoms with Gasteiger partial charge in [-0.2, -0.15) is 5.21 Å². The number of amides is 2. The molecule has 5 rings (SSSR count). The average Bonchev–Trinajstić information content (AvgIpc) is 3.49. The molecule has 3 aromatic rings. The molecule has 0 saturated heterocycles. The number of carbonyl (C=O) groups is 2. The van der Waals surface area contributed by atoms with E-state index < -0.39 is 5.66 Å². The third kappa shape index (κ3) is 5.43. The second-order valence-corrected chi connectivity index (χ2v) is 12.3. The van der Waals surface area contributed by atoms with Gasteiger partial charge in [0.15, 0.2) is 0 Å². The van der Waals surface area contributed by atoms with E-state index in [1.165, 1.54) is 0 Å². The van der Waals surface area contributed by atoms with Crippen molar-refractivity contribution in [3.63, 3.8) is 0 Å². The molecule has 2 N–H and O–H groups in total. The van der Waals surface area contributed by atoms with Crippen LogP contribution in [0, 0.1) is 11.3 Å². The summed E-state index contributed by atoms with van der Waals surface area (Å²) in [5, 5.41) is 16.7. The van der Waals surface area contributed by atoms with Gasteiger partial charge in [-0.15, -0.1) is 5.10 Å². The van der Waals surface area contributed by atoms with Crippen molar-refractivity contribution < 1.29 is 9.59 Å². The van der Waals surface area contributed by atoms with Crippen molar-refractivity contribution in [2.45, 2.75) is 65.1 Å². The molecule has 204 valence electrons.